The molecule has 7 nitrogen and oxygen atoms in total. The summed E-state index contributed by atoms with van der Waals surface area (Å²) < 4.78 is 0. The maximum absolute atomic E-state index is 10.3. The van der Waals surface area contributed by atoms with E-state index in [1.54, 1.807) is 31.1 Å². The molecule has 0 atom stereocenters. The molecule has 19 heavy (non-hydrogen) atoms. The van der Waals surface area contributed by atoms with Gasteiger partial charge in [0.1, 0.15) is 0 Å². The van der Waals surface area contributed by atoms with Gasteiger partial charge in [0.25, 0.3) is 6.20 Å². The van der Waals surface area contributed by atoms with Crippen LogP contribution in [-0.4, -0.2) is 29.3 Å². The molecule has 0 fully saturated rings. The molecule has 0 saturated heterocycles. The van der Waals surface area contributed by atoms with Crippen molar-refractivity contribution in [2.75, 3.05) is 25.1 Å². The highest BCUT2D eigenvalue weighted by atomic mass is 32.2. The first-order chi connectivity index (χ1) is 9.13. The average Bonchev–Trinajstić information content (AvgIpc) is 2.38. The topological polar surface area (TPSA) is 106 Å². The number of rotatable bonds is 8. The monoisotopic (exact) mass is 283 g/mol. The fourth-order valence-corrected chi connectivity index (χ4v) is 2.13. The SMILES string of the molecule is CNC(=C[N+](=O)[O-])NCCSCc1ncccc1N. The number of hydrogen-bond acceptors (Lipinski definition) is 7. The Balaban J connectivity index is 2.25. The summed E-state index contributed by atoms with van der Waals surface area (Å²) >= 11 is 1.66. The number of aromatic nitrogens is 1. The normalized spacial score (nSPS) is 11.1. The van der Waals surface area contributed by atoms with E-state index >= 15 is 0 Å². The van der Waals surface area contributed by atoms with Gasteiger partial charge in [-0.25, -0.2) is 0 Å². The van der Waals surface area contributed by atoms with Gasteiger partial charge in [-0.15, -0.1) is 0 Å². The molecule has 1 aromatic heterocycles. The summed E-state index contributed by atoms with van der Waals surface area (Å²) in [5, 5.41) is 16.0. The molecular formula is C11H17N5O2S. The lowest BCUT2D eigenvalue weighted by Gasteiger charge is -2.08. The Kier molecular flexibility index (Phi) is 6.51. The Labute approximate surface area is 115 Å². The van der Waals surface area contributed by atoms with Crippen molar-refractivity contribution in [2.45, 2.75) is 5.75 Å². The third-order valence-electron chi connectivity index (χ3n) is 2.23. The smallest absolute Gasteiger partial charge is 0.274 e. The van der Waals surface area contributed by atoms with E-state index in [4.69, 9.17) is 5.73 Å². The van der Waals surface area contributed by atoms with Crippen molar-refractivity contribution < 1.29 is 4.92 Å². The van der Waals surface area contributed by atoms with Gasteiger partial charge in [-0.05, 0) is 12.1 Å². The lowest BCUT2D eigenvalue weighted by atomic mass is 10.3. The van der Waals surface area contributed by atoms with Crippen LogP contribution in [0.2, 0.25) is 0 Å². The van der Waals surface area contributed by atoms with Crippen molar-refractivity contribution in [1.82, 2.24) is 15.6 Å². The minimum atomic E-state index is -0.499. The number of nitrogens with two attached hydrogens (primary N) is 1. The highest BCUT2D eigenvalue weighted by molar-refractivity contribution is 7.98. The van der Waals surface area contributed by atoms with E-state index in [0.717, 1.165) is 23.4 Å². The average molecular weight is 283 g/mol. The van der Waals surface area contributed by atoms with Gasteiger partial charge in [-0.2, -0.15) is 11.8 Å². The van der Waals surface area contributed by atoms with E-state index in [0.29, 0.717) is 18.1 Å². The second kappa shape index (κ2) is 8.20. The second-order valence-corrected chi connectivity index (χ2v) is 4.70. The van der Waals surface area contributed by atoms with Crippen LogP contribution in [0.3, 0.4) is 0 Å². The number of nitrogen functional groups attached to an aromatic ring is 1. The van der Waals surface area contributed by atoms with Crippen molar-refractivity contribution in [2.24, 2.45) is 0 Å². The molecular weight excluding hydrogens is 266 g/mol. The first-order valence-electron chi connectivity index (χ1n) is 5.67. The fourth-order valence-electron chi connectivity index (χ4n) is 1.30. The second-order valence-electron chi connectivity index (χ2n) is 3.60. The molecule has 8 heteroatoms. The van der Waals surface area contributed by atoms with Gasteiger partial charge in [0.2, 0.25) is 0 Å². The van der Waals surface area contributed by atoms with E-state index in [1.165, 1.54) is 0 Å². The molecule has 0 amide bonds. The van der Waals surface area contributed by atoms with Gasteiger partial charge < -0.3 is 16.4 Å². The first-order valence-corrected chi connectivity index (χ1v) is 6.83. The summed E-state index contributed by atoms with van der Waals surface area (Å²) in [5.41, 5.74) is 7.32. The molecule has 0 radical (unpaired) electrons. The maximum atomic E-state index is 10.3. The Hall–Kier alpha value is -1.96. The van der Waals surface area contributed by atoms with E-state index in [1.807, 2.05) is 6.07 Å². The summed E-state index contributed by atoms with van der Waals surface area (Å²) in [7, 11) is 1.63. The molecule has 0 aliphatic carbocycles. The summed E-state index contributed by atoms with van der Waals surface area (Å²) in [6, 6.07) is 3.62. The minimum absolute atomic E-state index is 0.392. The number of thioether (sulfide) groups is 1. The number of pyridine rings is 1. The molecule has 0 spiro atoms. The van der Waals surface area contributed by atoms with Crippen LogP contribution in [0, 0.1) is 10.1 Å². The van der Waals surface area contributed by atoms with Gasteiger partial charge in [0, 0.05) is 31.3 Å². The molecule has 0 bridgehead atoms. The van der Waals surface area contributed by atoms with Crippen LogP contribution < -0.4 is 16.4 Å². The van der Waals surface area contributed by atoms with Crippen LogP contribution in [0.15, 0.2) is 30.4 Å². The van der Waals surface area contributed by atoms with Gasteiger partial charge in [0.15, 0.2) is 5.82 Å². The zero-order valence-electron chi connectivity index (χ0n) is 10.6. The molecule has 4 N–H and O–H groups in total. The molecule has 1 heterocycles. The minimum Gasteiger partial charge on any atom is -0.397 e. The van der Waals surface area contributed by atoms with Crippen molar-refractivity contribution in [3.8, 4) is 0 Å². The summed E-state index contributed by atoms with van der Waals surface area (Å²) in [6.45, 7) is 0.623. The summed E-state index contributed by atoms with van der Waals surface area (Å²) in [6.07, 6.45) is 2.62. The van der Waals surface area contributed by atoms with Crippen LogP contribution in [0.1, 0.15) is 5.69 Å². The molecule has 0 aromatic carbocycles. The molecule has 1 aromatic rings. The van der Waals surface area contributed by atoms with Gasteiger partial charge in [0.05, 0.1) is 16.3 Å². The maximum Gasteiger partial charge on any atom is 0.274 e. The van der Waals surface area contributed by atoms with Crippen molar-refractivity contribution >= 4 is 17.4 Å². The van der Waals surface area contributed by atoms with Crippen LogP contribution >= 0.6 is 11.8 Å². The molecule has 104 valence electrons. The predicted molar refractivity (Wildman–Crippen MR) is 77.0 cm³/mol. The fraction of sp³-hybridized carbons (Fsp3) is 0.364. The summed E-state index contributed by atoms with van der Waals surface area (Å²) in [4.78, 5) is 14.0. The molecule has 0 aliphatic rings. The van der Waals surface area contributed by atoms with Crippen LogP contribution in [0.4, 0.5) is 5.69 Å². The third kappa shape index (κ3) is 5.96. The number of nitrogens with zero attached hydrogens (tertiary/aromatic N) is 2. The largest absolute Gasteiger partial charge is 0.397 e. The zero-order valence-corrected chi connectivity index (χ0v) is 11.4. The predicted octanol–water partition coefficient (Wildman–Crippen LogP) is 0.782. The van der Waals surface area contributed by atoms with E-state index in [2.05, 4.69) is 15.6 Å². The van der Waals surface area contributed by atoms with E-state index < -0.39 is 4.92 Å². The number of nitro groups is 1. The van der Waals surface area contributed by atoms with Crippen LogP contribution in [0.25, 0.3) is 0 Å². The van der Waals surface area contributed by atoms with Crippen LogP contribution in [0.5, 0.6) is 0 Å². The number of hydrogen-bond donors (Lipinski definition) is 3. The van der Waals surface area contributed by atoms with E-state index in [-0.39, 0.29) is 0 Å². The highest BCUT2D eigenvalue weighted by Crippen LogP contribution is 2.14. The van der Waals surface area contributed by atoms with Crippen molar-refractivity contribution in [3.63, 3.8) is 0 Å². The third-order valence-corrected chi connectivity index (χ3v) is 3.20. The quantitative estimate of drug-likeness (QED) is 0.368. The van der Waals surface area contributed by atoms with Gasteiger partial charge >= 0.3 is 0 Å². The molecule has 0 unspecified atom stereocenters. The standard InChI is InChI=1S/C11H17N5O2S/c1-13-11(7-16(17)18)15-5-6-19-8-10-9(12)3-2-4-14-10/h2-4,7,13,15H,5-6,8,12H2,1H3. The van der Waals surface area contributed by atoms with Crippen molar-refractivity contribution in [1.29, 1.82) is 0 Å². The van der Waals surface area contributed by atoms with Gasteiger partial charge in [-0.1, -0.05) is 0 Å². The Morgan fingerprint density at radius 2 is 2.47 bits per heavy atom. The van der Waals surface area contributed by atoms with Crippen LogP contribution in [-0.2, 0) is 5.75 Å². The number of nitrogens with one attached hydrogen (secondary N) is 2. The first kappa shape index (κ1) is 15.1. The molecule has 0 saturated carbocycles. The Bertz CT molecular complexity index is 452. The highest BCUT2D eigenvalue weighted by Gasteiger charge is 2.01. The Morgan fingerprint density at radius 3 is 3.11 bits per heavy atom. The molecule has 1 rings (SSSR count). The van der Waals surface area contributed by atoms with Gasteiger partial charge in [-0.3, -0.25) is 15.1 Å². The summed E-state index contributed by atoms with van der Waals surface area (Å²) in [5.74, 6) is 1.91. The van der Waals surface area contributed by atoms with E-state index in [9.17, 15) is 10.1 Å². The lowest BCUT2D eigenvalue weighted by Crippen LogP contribution is -2.26. The number of anilines is 1. The zero-order chi connectivity index (χ0) is 14.1. The lowest BCUT2D eigenvalue weighted by molar-refractivity contribution is -0.404. The molecule has 0 aliphatic heterocycles. The van der Waals surface area contributed by atoms with Crippen molar-refractivity contribution in [3.05, 3.63) is 46.2 Å². The Morgan fingerprint density at radius 1 is 1.68 bits per heavy atom.